The van der Waals surface area contributed by atoms with E-state index in [-0.39, 0.29) is 11.9 Å². The van der Waals surface area contributed by atoms with E-state index in [9.17, 15) is 4.79 Å². The van der Waals surface area contributed by atoms with Crippen LogP contribution in [0.5, 0.6) is 0 Å². The van der Waals surface area contributed by atoms with Crippen LogP contribution in [0.25, 0.3) is 0 Å². The number of hydrogen-bond donors (Lipinski definition) is 2. The van der Waals surface area contributed by atoms with Crippen molar-refractivity contribution in [2.45, 2.75) is 38.9 Å². The molecule has 7 nitrogen and oxygen atoms in total. The Hall–Kier alpha value is -2.25. The van der Waals surface area contributed by atoms with E-state index < -0.39 is 11.5 Å². The van der Waals surface area contributed by atoms with Crippen LogP contribution in [-0.4, -0.2) is 35.0 Å². The van der Waals surface area contributed by atoms with Crippen LogP contribution in [0.2, 0.25) is 0 Å². The molecule has 25 heavy (non-hydrogen) atoms. The van der Waals surface area contributed by atoms with Crippen molar-refractivity contribution in [3.63, 3.8) is 0 Å². The third-order valence-electron chi connectivity index (χ3n) is 4.05. The summed E-state index contributed by atoms with van der Waals surface area (Å²) in [5.74, 6) is 0.407. The molecule has 2 atom stereocenters. The minimum atomic E-state index is -0.754. The molecule has 136 valence electrons. The molecule has 0 spiro atoms. The fourth-order valence-electron chi connectivity index (χ4n) is 2.45. The van der Waals surface area contributed by atoms with E-state index in [1.807, 2.05) is 70.1 Å². The second-order valence-electron chi connectivity index (χ2n) is 7.09. The second-order valence-corrected chi connectivity index (χ2v) is 7.09. The average molecular weight is 345 g/mol. The van der Waals surface area contributed by atoms with Gasteiger partial charge >= 0.3 is 0 Å². The summed E-state index contributed by atoms with van der Waals surface area (Å²) in [5.41, 5.74) is 6.41. The third kappa shape index (κ3) is 4.87. The number of aromatic nitrogens is 2. The molecule has 1 amide bonds. The van der Waals surface area contributed by atoms with Crippen LogP contribution in [0.1, 0.15) is 44.1 Å². The number of carbonyl (C=O) groups excluding carboxylic acids is 1. The first-order chi connectivity index (χ1) is 11.7. The second kappa shape index (κ2) is 7.76. The van der Waals surface area contributed by atoms with Gasteiger partial charge in [0.15, 0.2) is 5.82 Å². The number of nitrogens with one attached hydrogen (secondary N) is 1. The Balaban J connectivity index is 2.06. The van der Waals surface area contributed by atoms with Gasteiger partial charge in [0, 0.05) is 6.04 Å². The highest BCUT2D eigenvalue weighted by Gasteiger charge is 2.32. The number of amides is 1. The highest BCUT2D eigenvalue weighted by atomic mass is 16.5. The van der Waals surface area contributed by atoms with Crippen molar-refractivity contribution in [3.05, 3.63) is 47.6 Å². The molecule has 0 saturated heterocycles. The Labute approximate surface area is 148 Å². The predicted molar refractivity (Wildman–Crippen MR) is 95.4 cm³/mol. The van der Waals surface area contributed by atoms with Gasteiger partial charge in [-0.25, -0.2) is 0 Å². The van der Waals surface area contributed by atoms with Crippen molar-refractivity contribution in [1.82, 2.24) is 20.4 Å². The molecule has 1 aromatic carbocycles. The van der Waals surface area contributed by atoms with E-state index >= 15 is 0 Å². The van der Waals surface area contributed by atoms with Crippen LogP contribution in [0.15, 0.2) is 34.9 Å². The molecule has 3 N–H and O–H groups in total. The van der Waals surface area contributed by atoms with Crippen LogP contribution in [0, 0.1) is 5.92 Å². The average Bonchev–Trinajstić information content (AvgIpc) is 3.02. The summed E-state index contributed by atoms with van der Waals surface area (Å²) >= 11 is 0. The summed E-state index contributed by atoms with van der Waals surface area (Å²) in [4.78, 5) is 19.0. The Bertz CT molecular complexity index is 697. The molecule has 7 heteroatoms. The number of hydrogen-bond acceptors (Lipinski definition) is 6. The Kier molecular flexibility index (Phi) is 5.92. The molecule has 1 heterocycles. The number of nitrogens with zero attached hydrogens (tertiary/aromatic N) is 3. The lowest BCUT2D eigenvalue weighted by Crippen LogP contribution is -2.46. The summed E-state index contributed by atoms with van der Waals surface area (Å²) in [6.07, 6.45) is 0. The monoisotopic (exact) mass is 345 g/mol. The summed E-state index contributed by atoms with van der Waals surface area (Å²) in [6.45, 7) is 6.05. The van der Waals surface area contributed by atoms with Gasteiger partial charge in [-0.05, 0) is 33.5 Å². The minimum absolute atomic E-state index is 0.152. The number of rotatable bonds is 7. The van der Waals surface area contributed by atoms with Gasteiger partial charge in [-0.3, -0.25) is 4.79 Å². The van der Waals surface area contributed by atoms with Crippen LogP contribution in [0.3, 0.4) is 0 Å². The zero-order valence-electron chi connectivity index (χ0n) is 15.5. The SMILES string of the molecule is CC(C(=O)NC(C)(C)c1noc(CN(C)C)n1)C(N)c1ccccc1. The summed E-state index contributed by atoms with van der Waals surface area (Å²) < 4.78 is 5.24. The van der Waals surface area contributed by atoms with Crippen LogP contribution in [0.4, 0.5) is 0 Å². The minimum Gasteiger partial charge on any atom is -0.343 e. The molecule has 0 fully saturated rings. The molecule has 0 saturated carbocycles. The lowest BCUT2D eigenvalue weighted by molar-refractivity contribution is -0.127. The standard InChI is InChI=1S/C18H27N5O2/c1-12(15(19)13-9-7-6-8-10-13)16(24)21-18(2,3)17-20-14(25-22-17)11-23(4)5/h6-10,12,15H,11,19H2,1-5H3,(H,21,24). The molecule has 0 bridgehead atoms. The molecule has 0 aliphatic heterocycles. The van der Waals surface area contributed by atoms with Crippen molar-refractivity contribution < 1.29 is 9.32 Å². The number of nitrogens with two attached hydrogens (primary N) is 1. The summed E-state index contributed by atoms with van der Waals surface area (Å²) in [5, 5.41) is 6.97. The van der Waals surface area contributed by atoms with Gasteiger partial charge in [-0.2, -0.15) is 4.98 Å². The lowest BCUT2D eigenvalue weighted by atomic mass is 9.93. The fraction of sp³-hybridized carbons (Fsp3) is 0.500. The predicted octanol–water partition coefficient (Wildman–Crippen LogP) is 1.82. The fourth-order valence-corrected chi connectivity index (χ4v) is 2.45. The van der Waals surface area contributed by atoms with Gasteiger partial charge < -0.3 is 20.5 Å². The maximum Gasteiger partial charge on any atom is 0.240 e. The molecule has 0 aliphatic rings. The van der Waals surface area contributed by atoms with Crippen molar-refractivity contribution in [2.75, 3.05) is 14.1 Å². The van der Waals surface area contributed by atoms with Gasteiger partial charge in [-0.1, -0.05) is 42.4 Å². The highest BCUT2D eigenvalue weighted by molar-refractivity contribution is 5.80. The molecular formula is C18H27N5O2. The largest absolute Gasteiger partial charge is 0.343 e. The maximum atomic E-state index is 12.6. The molecule has 2 aromatic rings. The molecule has 2 unspecified atom stereocenters. The third-order valence-corrected chi connectivity index (χ3v) is 4.05. The zero-order valence-corrected chi connectivity index (χ0v) is 15.5. The first kappa shape index (κ1) is 19.1. The molecule has 1 aromatic heterocycles. The molecular weight excluding hydrogens is 318 g/mol. The van der Waals surface area contributed by atoms with Gasteiger partial charge in [0.2, 0.25) is 11.8 Å². The van der Waals surface area contributed by atoms with E-state index in [0.717, 1.165) is 5.56 Å². The maximum absolute atomic E-state index is 12.6. The van der Waals surface area contributed by atoms with Crippen LogP contribution in [-0.2, 0) is 16.9 Å². The van der Waals surface area contributed by atoms with E-state index in [1.165, 1.54) is 0 Å². The van der Waals surface area contributed by atoms with Gasteiger partial charge in [-0.15, -0.1) is 0 Å². The number of carbonyl (C=O) groups is 1. The van der Waals surface area contributed by atoms with Crippen molar-refractivity contribution in [1.29, 1.82) is 0 Å². The highest BCUT2D eigenvalue weighted by Crippen LogP contribution is 2.22. The zero-order chi connectivity index (χ0) is 18.6. The molecule has 2 rings (SSSR count). The quantitative estimate of drug-likeness (QED) is 0.794. The van der Waals surface area contributed by atoms with Gasteiger partial charge in [0.1, 0.15) is 0 Å². The first-order valence-electron chi connectivity index (χ1n) is 8.31. The van der Waals surface area contributed by atoms with E-state index in [2.05, 4.69) is 15.5 Å². The molecule has 0 aliphatic carbocycles. The lowest BCUT2D eigenvalue weighted by Gasteiger charge is -2.27. The van der Waals surface area contributed by atoms with Crippen LogP contribution < -0.4 is 11.1 Å². The number of benzene rings is 1. The van der Waals surface area contributed by atoms with Crippen LogP contribution >= 0.6 is 0 Å². The Morgan fingerprint density at radius 3 is 2.56 bits per heavy atom. The topological polar surface area (TPSA) is 97.3 Å². The van der Waals surface area contributed by atoms with E-state index in [4.69, 9.17) is 10.3 Å². The first-order valence-corrected chi connectivity index (χ1v) is 8.31. The summed E-state index contributed by atoms with van der Waals surface area (Å²) in [7, 11) is 3.84. The normalized spacial score (nSPS) is 14.4. The molecule has 0 radical (unpaired) electrons. The van der Waals surface area contributed by atoms with Gasteiger partial charge in [0.25, 0.3) is 0 Å². The smallest absolute Gasteiger partial charge is 0.240 e. The van der Waals surface area contributed by atoms with Gasteiger partial charge in [0.05, 0.1) is 18.0 Å². The summed E-state index contributed by atoms with van der Waals surface area (Å²) in [6, 6.07) is 9.21. The van der Waals surface area contributed by atoms with E-state index in [0.29, 0.717) is 18.3 Å². The Morgan fingerprint density at radius 2 is 1.96 bits per heavy atom. The van der Waals surface area contributed by atoms with Crippen molar-refractivity contribution in [3.8, 4) is 0 Å². The Morgan fingerprint density at radius 1 is 1.32 bits per heavy atom. The van der Waals surface area contributed by atoms with Crippen molar-refractivity contribution >= 4 is 5.91 Å². The van der Waals surface area contributed by atoms with E-state index in [1.54, 1.807) is 0 Å². The van der Waals surface area contributed by atoms with Crippen molar-refractivity contribution in [2.24, 2.45) is 11.7 Å².